The maximum atomic E-state index is 13.5. The molecule has 3 heterocycles. The Balaban J connectivity index is 1.59. The maximum absolute atomic E-state index is 13.5. The van der Waals surface area contributed by atoms with Crippen molar-refractivity contribution in [1.82, 2.24) is 9.80 Å². The first kappa shape index (κ1) is 20.7. The van der Waals surface area contributed by atoms with E-state index in [0.717, 1.165) is 18.7 Å². The van der Waals surface area contributed by atoms with E-state index in [1.165, 1.54) is 0 Å². The summed E-state index contributed by atoms with van der Waals surface area (Å²) in [6, 6.07) is 14.2. The highest BCUT2D eigenvalue weighted by Crippen LogP contribution is 2.38. The number of para-hydroxylation sites is 1. The van der Waals surface area contributed by atoms with Gasteiger partial charge >= 0.3 is 0 Å². The van der Waals surface area contributed by atoms with Crippen LogP contribution in [0.1, 0.15) is 34.6 Å². The average molecular weight is 434 g/mol. The van der Waals surface area contributed by atoms with Crippen molar-refractivity contribution in [2.24, 2.45) is 0 Å². The van der Waals surface area contributed by atoms with Crippen molar-refractivity contribution in [3.05, 3.63) is 75.6 Å². The van der Waals surface area contributed by atoms with Gasteiger partial charge in [-0.3, -0.25) is 14.5 Å². The lowest BCUT2D eigenvalue weighted by Gasteiger charge is -2.31. The minimum atomic E-state index is -0.514. The molecule has 2 aliphatic rings. The van der Waals surface area contributed by atoms with E-state index in [-0.39, 0.29) is 17.1 Å². The van der Waals surface area contributed by atoms with Gasteiger partial charge in [0.25, 0.3) is 5.91 Å². The minimum Gasteiger partial charge on any atom is -0.494 e. The van der Waals surface area contributed by atoms with Gasteiger partial charge in [0.05, 0.1) is 36.8 Å². The molecular formula is C25H26N2O5. The first-order chi connectivity index (χ1) is 15.7. The molecule has 5 rings (SSSR count). The third-order valence-corrected chi connectivity index (χ3v) is 6.12. The van der Waals surface area contributed by atoms with Gasteiger partial charge in [-0.1, -0.05) is 24.3 Å². The van der Waals surface area contributed by atoms with Crippen LogP contribution in [0.15, 0.2) is 57.7 Å². The average Bonchev–Trinajstić information content (AvgIpc) is 3.11. The molecule has 0 saturated carbocycles. The first-order valence-corrected chi connectivity index (χ1v) is 11.1. The Morgan fingerprint density at radius 3 is 2.66 bits per heavy atom. The maximum Gasteiger partial charge on any atom is 0.290 e. The van der Waals surface area contributed by atoms with Gasteiger partial charge in [-0.05, 0) is 36.8 Å². The summed E-state index contributed by atoms with van der Waals surface area (Å²) in [5.74, 6) is 0.606. The van der Waals surface area contributed by atoms with Crippen LogP contribution in [0.3, 0.4) is 0 Å². The summed E-state index contributed by atoms with van der Waals surface area (Å²) in [4.78, 5) is 31.0. The Morgan fingerprint density at radius 1 is 1.03 bits per heavy atom. The third kappa shape index (κ3) is 3.67. The number of hydrogen-bond donors (Lipinski definition) is 0. The number of carbonyl (C=O) groups is 1. The van der Waals surface area contributed by atoms with E-state index in [1.807, 2.05) is 37.3 Å². The van der Waals surface area contributed by atoms with Gasteiger partial charge < -0.3 is 18.8 Å². The van der Waals surface area contributed by atoms with Crippen molar-refractivity contribution in [3.63, 3.8) is 0 Å². The SMILES string of the molecule is CCOc1cccc([C@H]2c3c(oc4ccccc4c3=O)C(=O)N2CCN2CCOCC2)c1. The predicted octanol–water partition coefficient (Wildman–Crippen LogP) is 3.07. The van der Waals surface area contributed by atoms with E-state index in [2.05, 4.69) is 4.90 Å². The molecule has 1 saturated heterocycles. The standard InChI is InChI=1S/C25H26N2O5/c1-2-31-18-7-5-6-17(16-18)22-21-23(28)19-8-3-4-9-20(19)32-24(21)25(29)27(22)11-10-26-12-14-30-15-13-26/h3-9,16,22H,2,10-15H2,1H3/t22-/m0/s1. The predicted molar refractivity (Wildman–Crippen MR) is 120 cm³/mol. The number of hydrogen-bond acceptors (Lipinski definition) is 6. The molecule has 0 N–H and O–H groups in total. The van der Waals surface area contributed by atoms with Crippen LogP contribution in [0.2, 0.25) is 0 Å². The number of fused-ring (bicyclic) bond motifs is 2. The van der Waals surface area contributed by atoms with E-state index >= 15 is 0 Å². The molecule has 7 heteroatoms. The Morgan fingerprint density at radius 2 is 1.84 bits per heavy atom. The second-order valence-electron chi connectivity index (χ2n) is 8.03. The van der Waals surface area contributed by atoms with Crippen LogP contribution in [0.4, 0.5) is 0 Å². The molecule has 1 amide bonds. The molecule has 3 aromatic rings. The highest BCUT2D eigenvalue weighted by atomic mass is 16.5. The Labute approximate surface area is 186 Å². The summed E-state index contributed by atoms with van der Waals surface area (Å²) in [5, 5.41) is 0.486. The summed E-state index contributed by atoms with van der Waals surface area (Å²) in [7, 11) is 0. The van der Waals surface area contributed by atoms with Crippen molar-refractivity contribution in [2.75, 3.05) is 46.0 Å². The number of amides is 1. The number of nitrogens with zero attached hydrogens (tertiary/aromatic N) is 2. The van der Waals surface area contributed by atoms with Crippen molar-refractivity contribution < 1.29 is 18.7 Å². The van der Waals surface area contributed by atoms with E-state index in [0.29, 0.717) is 55.2 Å². The molecule has 1 fully saturated rings. The van der Waals surface area contributed by atoms with Crippen molar-refractivity contribution in [1.29, 1.82) is 0 Å². The highest BCUT2D eigenvalue weighted by Gasteiger charge is 2.42. The molecule has 1 atom stereocenters. The number of morpholine rings is 1. The quantitative estimate of drug-likeness (QED) is 0.594. The molecule has 1 aromatic heterocycles. The summed E-state index contributed by atoms with van der Waals surface area (Å²) >= 11 is 0. The molecule has 2 aliphatic heterocycles. The topological polar surface area (TPSA) is 72.2 Å². The lowest BCUT2D eigenvalue weighted by atomic mass is 9.98. The van der Waals surface area contributed by atoms with Gasteiger partial charge in [0.2, 0.25) is 5.76 Å². The van der Waals surface area contributed by atoms with Gasteiger partial charge in [0, 0.05) is 26.2 Å². The summed E-state index contributed by atoms with van der Waals surface area (Å²) < 4.78 is 17.1. The number of benzene rings is 2. The van der Waals surface area contributed by atoms with Gasteiger partial charge in [-0.15, -0.1) is 0 Å². The van der Waals surface area contributed by atoms with E-state index in [9.17, 15) is 9.59 Å². The van der Waals surface area contributed by atoms with Crippen LogP contribution in [0.5, 0.6) is 5.75 Å². The molecule has 0 aliphatic carbocycles. The third-order valence-electron chi connectivity index (χ3n) is 6.12. The zero-order valence-electron chi connectivity index (χ0n) is 18.1. The molecule has 0 radical (unpaired) electrons. The van der Waals surface area contributed by atoms with Gasteiger partial charge in [-0.2, -0.15) is 0 Å². The lowest BCUT2D eigenvalue weighted by Crippen LogP contribution is -2.42. The molecule has 2 aromatic carbocycles. The zero-order chi connectivity index (χ0) is 22.1. The van der Waals surface area contributed by atoms with Crippen LogP contribution in [0, 0.1) is 0 Å². The summed E-state index contributed by atoms with van der Waals surface area (Å²) in [5.41, 5.74) is 1.52. The molecule has 0 spiro atoms. The first-order valence-electron chi connectivity index (χ1n) is 11.1. The van der Waals surface area contributed by atoms with Crippen LogP contribution in [0.25, 0.3) is 11.0 Å². The molecule has 7 nitrogen and oxygen atoms in total. The van der Waals surface area contributed by atoms with Crippen LogP contribution < -0.4 is 10.2 Å². The van der Waals surface area contributed by atoms with Gasteiger partial charge in [-0.25, -0.2) is 0 Å². The number of carbonyl (C=O) groups excluding carboxylic acids is 1. The zero-order valence-corrected chi connectivity index (χ0v) is 18.1. The normalized spacial score (nSPS) is 18.8. The fourth-order valence-electron chi connectivity index (χ4n) is 4.56. The Hall–Kier alpha value is -3.16. The fraction of sp³-hybridized carbons (Fsp3) is 0.360. The second kappa shape index (κ2) is 8.76. The van der Waals surface area contributed by atoms with Crippen molar-refractivity contribution in [3.8, 4) is 5.75 Å². The number of ether oxygens (including phenoxy) is 2. The summed E-state index contributed by atoms with van der Waals surface area (Å²) in [6.45, 7) is 6.72. The minimum absolute atomic E-state index is 0.141. The Kier molecular flexibility index (Phi) is 5.68. The van der Waals surface area contributed by atoms with E-state index in [4.69, 9.17) is 13.9 Å². The van der Waals surface area contributed by atoms with Crippen LogP contribution >= 0.6 is 0 Å². The second-order valence-corrected chi connectivity index (χ2v) is 8.03. The highest BCUT2D eigenvalue weighted by molar-refractivity contribution is 5.99. The van der Waals surface area contributed by atoms with Crippen LogP contribution in [-0.4, -0.2) is 61.7 Å². The van der Waals surface area contributed by atoms with E-state index in [1.54, 1.807) is 23.1 Å². The Bertz CT molecular complexity index is 1200. The lowest BCUT2D eigenvalue weighted by molar-refractivity contribution is 0.0314. The van der Waals surface area contributed by atoms with Gasteiger partial charge in [0.1, 0.15) is 11.3 Å². The van der Waals surface area contributed by atoms with E-state index < -0.39 is 6.04 Å². The molecule has 0 unspecified atom stereocenters. The largest absolute Gasteiger partial charge is 0.494 e. The fourth-order valence-corrected chi connectivity index (χ4v) is 4.56. The molecule has 32 heavy (non-hydrogen) atoms. The van der Waals surface area contributed by atoms with Crippen molar-refractivity contribution >= 4 is 16.9 Å². The van der Waals surface area contributed by atoms with Gasteiger partial charge in [0.15, 0.2) is 5.43 Å². The molecule has 166 valence electrons. The number of rotatable bonds is 6. The smallest absolute Gasteiger partial charge is 0.290 e. The molecular weight excluding hydrogens is 408 g/mol. The molecule has 0 bridgehead atoms. The van der Waals surface area contributed by atoms with Crippen LogP contribution in [-0.2, 0) is 4.74 Å². The van der Waals surface area contributed by atoms with Crippen molar-refractivity contribution in [2.45, 2.75) is 13.0 Å². The monoisotopic (exact) mass is 434 g/mol. The summed E-state index contributed by atoms with van der Waals surface area (Å²) in [6.07, 6.45) is 0.